The molecule has 0 aliphatic carbocycles. The largest absolute Gasteiger partial charge is 0.497 e. The Kier molecular flexibility index (Phi) is 20.8. The van der Waals surface area contributed by atoms with Crippen LogP contribution in [0.25, 0.3) is 0 Å². The van der Waals surface area contributed by atoms with Gasteiger partial charge in [-0.05, 0) is 75.1 Å². The van der Waals surface area contributed by atoms with Gasteiger partial charge in [0.05, 0.1) is 53.1 Å². The van der Waals surface area contributed by atoms with Crippen molar-refractivity contribution in [3.63, 3.8) is 0 Å². The van der Waals surface area contributed by atoms with E-state index >= 15 is 0 Å². The summed E-state index contributed by atoms with van der Waals surface area (Å²) in [4.78, 5) is 42.2. The molecule has 3 heterocycles. The molecule has 0 spiro atoms. The molecule has 2 aliphatic rings. The fourth-order valence-electron chi connectivity index (χ4n) is 9.30. The van der Waals surface area contributed by atoms with Crippen LogP contribution in [0.2, 0.25) is 0 Å². The summed E-state index contributed by atoms with van der Waals surface area (Å²) in [6.45, 7) is 10.5. The summed E-state index contributed by atoms with van der Waals surface area (Å²) < 4.78 is 49.2. The molecule has 2 saturated heterocycles. The number of amides is 1. The zero-order valence-corrected chi connectivity index (χ0v) is 43.3. The molecule has 2 bridgehead atoms. The highest BCUT2D eigenvalue weighted by atomic mass is 31.2. The average Bonchev–Trinajstić information content (AvgIpc) is 3.86. The summed E-state index contributed by atoms with van der Waals surface area (Å²) >= 11 is 0. The van der Waals surface area contributed by atoms with Gasteiger partial charge in [0.1, 0.15) is 40.5 Å². The fourth-order valence-corrected chi connectivity index (χ4v) is 11.1. The number of hydrogen-bond donors (Lipinski definition) is 2. The zero-order valence-electron chi connectivity index (χ0n) is 42.4. The minimum absolute atomic E-state index is 0.00177. The van der Waals surface area contributed by atoms with E-state index in [9.17, 15) is 19.6 Å². The number of H-pyrrole nitrogens is 1. The predicted molar refractivity (Wildman–Crippen MR) is 274 cm³/mol. The number of fused-ring (bicyclic) bond motifs is 2. The molecule has 71 heavy (non-hydrogen) atoms. The first-order chi connectivity index (χ1) is 34.4. The Morgan fingerprint density at radius 1 is 0.887 bits per heavy atom. The van der Waals surface area contributed by atoms with Gasteiger partial charge in [-0.15, -0.1) is 0 Å². The number of carbonyl (C=O) groups is 1. The first kappa shape index (κ1) is 55.0. The van der Waals surface area contributed by atoms with Gasteiger partial charge in [0.25, 0.3) is 14.1 Å². The van der Waals surface area contributed by atoms with Crippen LogP contribution in [-0.4, -0.2) is 90.6 Å². The minimum Gasteiger partial charge on any atom is -0.497 e. The van der Waals surface area contributed by atoms with Crippen LogP contribution in [0.4, 0.5) is 0 Å². The molecule has 2 fully saturated rings. The van der Waals surface area contributed by atoms with E-state index in [1.54, 1.807) is 14.2 Å². The fraction of sp³-hybridized carbons (Fsp3) is 0.527. The molecule has 1 aromatic heterocycles. The van der Waals surface area contributed by atoms with Gasteiger partial charge in [0, 0.05) is 24.7 Å². The SMILES string of the molecule is CCCCCCCCCCCC(=O)NCC#Cc1cn([C@@H]2O[C@@]3(COC(c4ccccc4)(c4ccc(OC)cc4)c4ccc(OC)cc4)CO[C@@H]2[C@@H]3OP(OCCC#N)N(C(C)C)C(C)C)c(=O)[nH]c1=O. The Morgan fingerprint density at radius 3 is 2.06 bits per heavy atom. The molecule has 2 aliphatic heterocycles. The van der Waals surface area contributed by atoms with Crippen LogP contribution < -0.4 is 26.0 Å². The summed E-state index contributed by atoms with van der Waals surface area (Å²) in [5.74, 6) is 6.97. The van der Waals surface area contributed by atoms with Gasteiger partial charge in [0.15, 0.2) is 6.23 Å². The highest BCUT2D eigenvalue weighted by Crippen LogP contribution is 2.56. The van der Waals surface area contributed by atoms with Gasteiger partial charge in [-0.2, -0.15) is 5.26 Å². The van der Waals surface area contributed by atoms with E-state index in [1.807, 2.05) is 107 Å². The Hall–Kier alpha value is -5.35. The number of nitrogens with one attached hydrogen (secondary N) is 2. The van der Waals surface area contributed by atoms with Crippen LogP contribution >= 0.6 is 8.53 Å². The Morgan fingerprint density at radius 2 is 1.48 bits per heavy atom. The van der Waals surface area contributed by atoms with Crippen molar-refractivity contribution < 1.29 is 37.5 Å². The molecule has 6 rings (SSSR count). The number of ether oxygens (including phenoxy) is 5. The van der Waals surface area contributed by atoms with Crippen LogP contribution in [-0.2, 0) is 33.7 Å². The predicted octanol–water partition coefficient (Wildman–Crippen LogP) is 9.28. The molecular weight excluding hydrogens is 922 g/mol. The number of benzene rings is 3. The third-order valence-corrected chi connectivity index (χ3v) is 15.0. The summed E-state index contributed by atoms with van der Waals surface area (Å²) in [5.41, 5.74) is -1.63. The van der Waals surface area contributed by atoms with Crippen LogP contribution in [0.5, 0.6) is 11.5 Å². The lowest BCUT2D eigenvalue weighted by atomic mass is 9.79. The number of unbranched alkanes of at least 4 members (excludes halogenated alkanes) is 8. The van der Waals surface area contributed by atoms with Crippen LogP contribution in [0, 0.1) is 23.2 Å². The molecule has 0 saturated carbocycles. The van der Waals surface area contributed by atoms with Crippen molar-refractivity contribution in [2.24, 2.45) is 0 Å². The van der Waals surface area contributed by atoms with E-state index < -0.39 is 49.4 Å². The highest BCUT2D eigenvalue weighted by Gasteiger charge is 2.65. The van der Waals surface area contributed by atoms with Crippen molar-refractivity contribution in [1.29, 1.82) is 5.26 Å². The number of methoxy groups -OCH3 is 2. The molecule has 16 heteroatoms. The van der Waals surface area contributed by atoms with Crippen molar-refractivity contribution >= 4 is 14.4 Å². The summed E-state index contributed by atoms with van der Waals surface area (Å²) in [6.07, 6.45) is 9.42. The van der Waals surface area contributed by atoms with Crippen molar-refractivity contribution in [2.45, 2.75) is 147 Å². The topological polar surface area (TPSA) is 176 Å². The average molecular weight is 994 g/mol. The van der Waals surface area contributed by atoms with E-state index in [1.165, 1.54) is 49.3 Å². The van der Waals surface area contributed by atoms with E-state index in [-0.39, 0.29) is 56.3 Å². The first-order valence-corrected chi connectivity index (χ1v) is 26.2. The maximum atomic E-state index is 13.9. The van der Waals surface area contributed by atoms with Gasteiger partial charge < -0.3 is 38.0 Å². The smallest absolute Gasteiger partial charge is 0.330 e. The van der Waals surface area contributed by atoms with Crippen LogP contribution in [0.1, 0.15) is 134 Å². The van der Waals surface area contributed by atoms with Crippen molar-refractivity contribution in [1.82, 2.24) is 19.5 Å². The standard InChI is InChI=1S/C55H72N5O10P/c1-8-9-10-11-12-13-14-15-19-25-48(61)57-35-20-22-42-37-59(53(63)58-51(42)62)52-49-50(70-71(68-36-21-34-56)60(40(2)3)41(4)5)54(69-52,38-66-49)39-67-55(43-23-17-16-18-24-43,44-26-30-46(64-6)31-27-44)45-28-32-47(65-7)33-29-45/h16-18,23-24,26-33,37,40-41,49-50,52H,8-15,19,21,25,35-36,38-39H2,1-7H3,(H,57,61)(H,58,62,63)/t49-,50+,52-,54-,71?/m1/s1. The number of nitriles is 1. The summed E-state index contributed by atoms with van der Waals surface area (Å²) in [7, 11) is 1.38. The van der Waals surface area contributed by atoms with Gasteiger partial charge in [-0.1, -0.05) is 125 Å². The molecule has 2 N–H and O–H groups in total. The Balaban J connectivity index is 1.33. The maximum absolute atomic E-state index is 13.9. The molecule has 0 radical (unpaired) electrons. The Bertz CT molecular complexity index is 2460. The second-order valence-electron chi connectivity index (χ2n) is 18.6. The second kappa shape index (κ2) is 26.9. The molecule has 4 aromatic rings. The van der Waals surface area contributed by atoms with E-state index in [0.717, 1.165) is 36.0 Å². The summed E-state index contributed by atoms with van der Waals surface area (Å²) in [6, 6.07) is 27.4. The number of rotatable bonds is 28. The van der Waals surface area contributed by atoms with Crippen LogP contribution in [0.15, 0.2) is 94.6 Å². The van der Waals surface area contributed by atoms with Gasteiger partial charge in [-0.25, -0.2) is 9.46 Å². The van der Waals surface area contributed by atoms with Gasteiger partial charge >= 0.3 is 5.69 Å². The number of hydrogen-bond acceptors (Lipinski definition) is 12. The molecule has 1 amide bonds. The van der Waals surface area contributed by atoms with Gasteiger partial charge in [0.2, 0.25) is 5.91 Å². The number of nitrogens with zero attached hydrogens (tertiary/aromatic N) is 3. The molecule has 5 atom stereocenters. The number of carbonyl (C=O) groups excluding carboxylic acids is 1. The van der Waals surface area contributed by atoms with Crippen molar-refractivity contribution in [3.8, 4) is 29.4 Å². The molecule has 382 valence electrons. The Labute approximate surface area is 420 Å². The molecule has 1 unspecified atom stereocenters. The summed E-state index contributed by atoms with van der Waals surface area (Å²) in [5, 5.41) is 12.3. The molecule has 3 aromatic carbocycles. The molecular formula is C55H72N5O10P. The van der Waals surface area contributed by atoms with E-state index in [4.69, 9.17) is 32.7 Å². The third-order valence-electron chi connectivity index (χ3n) is 12.9. The minimum atomic E-state index is -1.85. The monoisotopic (exact) mass is 994 g/mol. The first-order valence-electron chi connectivity index (χ1n) is 25.0. The number of aromatic amines is 1. The normalized spacial score (nSPS) is 18.9. The lowest BCUT2D eigenvalue weighted by molar-refractivity contribution is -0.203. The van der Waals surface area contributed by atoms with E-state index in [2.05, 4.69) is 39.8 Å². The maximum Gasteiger partial charge on any atom is 0.330 e. The highest BCUT2D eigenvalue weighted by molar-refractivity contribution is 7.44. The lowest BCUT2D eigenvalue weighted by Crippen LogP contribution is -2.49. The number of aromatic nitrogens is 2. The molecule has 15 nitrogen and oxygen atoms in total. The zero-order chi connectivity index (χ0) is 50.8. The van der Waals surface area contributed by atoms with Crippen molar-refractivity contribution in [2.75, 3.05) is 40.6 Å². The van der Waals surface area contributed by atoms with Crippen LogP contribution in [0.3, 0.4) is 0 Å². The van der Waals surface area contributed by atoms with Crippen molar-refractivity contribution in [3.05, 3.63) is 128 Å². The second-order valence-corrected chi connectivity index (χ2v) is 20.0. The van der Waals surface area contributed by atoms with Gasteiger partial charge in [-0.3, -0.25) is 19.1 Å². The lowest BCUT2D eigenvalue weighted by Gasteiger charge is -2.41. The third kappa shape index (κ3) is 13.8. The van der Waals surface area contributed by atoms with E-state index in [0.29, 0.717) is 17.9 Å². The quantitative estimate of drug-likeness (QED) is 0.0239.